The average molecular weight is 310 g/mol. The van der Waals surface area contributed by atoms with Crippen molar-refractivity contribution in [1.29, 1.82) is 0 Å². The molecule has 4 nitrogen and oxygen atoms in total. The zero-order valence-electron chi connectivity index (χ0n) is 14.1. The first-order valence-electron chi connectivity index (χ1n) is 7.79. The maximum absolute atomic E-state index is 5.83. The number of aromatic nitrogens is 2. The number of ether oxygens (including phenoxy) is 2. The van der Waals surface area contributed by atoms with E-state index in [2.05, 4.69) is 35.5 Å². The molecule has 1 aromatic heterocycles. The standard InChI is InChI=1S/C19H22N2O2/c1-13-11-18-19(12-14(13)2)21(15(3)20-18)9-10-23-17-7-5-16(22-4)6-8-17/h5-8,11-12H,9-10H2,1-4H3. The van der Waals surface area contributed by atoms with Crippen LogP contribution in [-0.4, -0.2) is 23.3 Å². The molecule has 0 N–H and O–H groups in total. The van der Waals surface area contributed by atoms with Crippen molar-refractivity contribution in [2.24, 2.45) is 0 Å². The molecule has 0 fully saturated rings. The molecular formula is C19H22N2O2. The Balaban J connectivity index is 1.73. The predicted octanol–water partition coefficient (Wildman–Crippen LogP) is 4.05. The van der Waals surface area contributed by atoms with E-state index in [1.54, 1.807) is 7.11 Å². The minimum atomic E-state index is 0.603. The molecule has 0 aliphatic heterocycles. The van der Waals surface area contributed by atoms with E-state index in [1.807, 2.05) is 31.2 Å². The van der Waals surface area contributed by atoms with Gasteiger partial charge in [-0.2, -0.15) is 0 Å². The molecule has 0 bridgehead atoms. The second-order valence-corrected chi connectivity index (χ2v) is 5.76. The lowest BCUT2D eigenvalue weighted by molar-refractivity contribution is 0.298. The van der Waals surface area contributed by atoms with Gasteiger partial charge in [-0.25, -0.2) is 4.98 Å². The van der Waals surface area contributed by atoms with Crippen LogP contribution in [-0.2, 0) is 6.54 Å². The summed E-state index contributed by atoms with van der Waals surface area (Å²) in [5.41, 5.74) is 4.78. The molecule has 0 spiro atoms. The van der Waals surface area contributed by atoms with Crippen molar-refractivity contribution < 1.29 is 9.47 Å². The zero-order valence-corrected chi connectivity index (χ0v) is 14.1. The Kier molecular flexibility index (Phi) is 4.24. The molecule has 0 radical (unpaired) electrons. The van der Waals surface area contributed by atoms with Gasteiger partial charge in [-0.1, -0.05) is 0 Å². The average Bonchev–Trinajstić information content (AvgIpc) is 2.84. The Bertz CT molecular complexity index is 819. The van der Waals surface area contributed by atoms with E-state index in [9.17, 15) is 0 Å². The normalized spacial score (nSPS) is 11.0. The molecule has 0 saturated heterocycles. The van der Waals surface area contributed by atoms with Gasteiger partial charge >= 0.3 is 0 Å². The van der Waals surface area contributed by atoms with Crippen LogP contribution in [0.25, 0.3) is 11.0 Å². The van der Waals surface area contributed by atoms with Crippen molar-refractivity contribution in [2.75, 3.05) is 13.7 Å². The number of aryl methyl sites for hydroxylation is 3. The van der Waals surface area contributed by atoms with Crippen LogP contribution >= 0.6 is 0 Å². The molecule has 4 heteroatoms. The van der Waals surface area contributed by atoms with E-state index in [-0.39, 0.29) is 0 Å². The third-order valence-corrected chi connectivity index (χ3v) is 4.20. The van der Waals surface area contributed by atoms with Crippen LogP contribution in [0.3, 0.4) is 0 Å². The van der Waals surface area contributed by atoms with E-state index in [0.29, 0.717) is 6.61 Å². The number of fused-ring (bicyclic) bond motifs is 1. The van der Waals surface area contributed by atoms with Crippen LogP contribution < -0.4 is 9.47 Å². The zero-order chi connectivity index (χ0) is 16.4. The SMILES string of the molecule is COc1ccc(OCCn2c(C)nc3cc(C)c(C)cc32)cc1. The van der Waals surface area contributed by atoms with Crippen molar-refractivity contribution in [3.63, 3.8) is 0 Å². The highest BCUT2D eigenvalue weighted by atomic mass is 16.5. The Morgan fingerprint density at radius 2 is 1.61 bits per heavy atom. The van der Waals surface area contributed by atoms with Gasteiger partial charge in [-0.05, 0) is 68.3 Å². The van der Waals surface area contributed by atoms with Crippen LogP contribution in [0.2, 0.25) is 0 Å². The summed E-state index contributed by atoms with van der Waals surface area (Å²) in [7, 11) is 1.66. The van der Waals surface area contributed by atoms with Crippen molar-refractivity contribution in [3.8, 4) is 11.5 Å². The smallest absolute Gasteiger partial charge is 0.119 e. The summed E-state index contributed by atoms with van der Waals surface area (Å²) in [5.74, 6) is 2.70. The molecule has 3 rings (SSSR count). The topological polar surface area (TPSA) is 36.3 Å². The van der Waals surface area contributed by atoms with Crippen molar-refractivity contribution in [2.45, 2.75) is 27.3 Å². The van der Waals surface area contributed by atoms with Crippen molar-refractivity contribution in [3.05, 3.63) is 53.3 Å². The Morgan fingerprint density at radius 1 is 0.957 bits per heavy atom. The fraction of sp³-hybridized carbons (Fsp3) is 0.316. The second-order valence-electron chi connectivity index (χ2n) is 5.76. The summed E-state index contributed by atoms with van der Waals surface area (Å²) in [5, 5.41) is 0. The van der Waals surface area contributed by atoms with Crippen LogP contribution in [0.5, 0.6) is 11.5 Å². The van der Waals surface area contributed by atoms with E-state index < -0.39 is 0 Å². The molecule has 3 aromatic rings. The first kappa shape index (κ1) is 15.4. The highest BCUT2D eigenvalue weighted by molar-refractivity contribution is 5.78. The molecule has 120 valence electrons. The molecule has 0 atom stereocenters. The Labute approximate surface area is 136 Å². The van der Waals surface area contributed by atoms with E-state index >= 15 is 0 Å². The minimum absolute atomic E-state index is 0.603. The maximum Gasteiger partial charge on any atom is 0.119 e. The predicted molar refractivity (Wildman–Crippen MR) is 92.4 cm³/mol. The van der Waals surface area contributed by atoms with Gasteiger partial charge in [-0.15, -0.1) is 0 Å². The molecule has 23 heavy (non-hydrogen) atoms. The largest absolute Gasteiger partial charge is 0.497 e. The van der Waals surface area contributed by atoms with Gasteiger partial charge < -0.3 is 14.0 Å². The highest BCUT2D eigenvalue weighted by Crippen LogP contribution is 2.21. The molecule has 1 heterocycles. The summed E-state index contributed by atoms with van der Waals surface area (Å²) in [6, 6.07) is 12.0. The third kappa shape index (κ3) is 3.16. The van der Waals surface area contributed by atoms with E-state index in [0.717, 1.165) is 29.4 Å². The van der Waals surface area contributed by atoms with Gasteiger partial charge in [-0.3, -0.25) is 0 Å². The van der Waals surface area contributed by atoms with Gasteiger partial charge in [0.15, 0.2) is 0 Å². The number of nitrogens with zero attached hydrogens (tertiary/aromatic N) is 2. The fourth-order valence-electron chi connectivity index (χ4n) is 2.71. The summed E-state index contributed by atoms with van der Waals surface area (Å²) in [6.07, 6.45) is 0. The quantitative estimate of drug-likeness (QED) is 0.713. The first-order chi connectivity index (χ1) is 11.1. The van der Waals surface area contributed by atoms with Crippen LogP contribution in [0.4, 0.5) is 0 Å². The molecule has 0 amide bonds. The molecule has 0 unspecified atom stereocenters. The molecule has 0 saturated carbocycles. The summed E-state index contributed by atoms with van der Waals surface area (Å²) in [4.78, 5) is 4.65. The van der Waals surface area contributed by atoms with Crippen LogP contribution in [0, 0.1) is 20.8 Å². The lowest BCUT2D eigenvalue weighted by atomic mass is 10.1. The van der Waals surface area contributed by atoms with Crippen molar-refractivity contribution in [1.82, 2.24) is 9.55 Å². The van der Waals surface area contributed by atoms with Gasteiger partial charge in [0, 0.05) is 0 Å². The van der Waals surface area contributed by atoms with Crippen molar-refractivity contribution >= 4 is 11.0 Å². The monoisotopic (exact) mass is 310 g/mol. The summed E-state index contributed by atoms with van der Waals surface area (Å²) < 4.78 is 13.2. The lowest BCUT2D eigenvalue weighted by Crippen LogP contribution is -2.09. The fourth-order valence-corrected chi connectivity index (χ4v) is 2.71. The maximum atomic E-state index is 5.83. The second kappa shape index (κ2) is 6.32. The number of imidazole rings is 1. The third-order valence-electron chi connectivity index (χ3n) is 4.20. The van der Waals surface area contributed by atoms with Crippen LogP contribution in [0.1, 0.15) is 17.0 Å². The number of methoxy groups -OCH3 is 1. The van der Waals surface area contributed by atoms with Crippen LogP contribution in [0.15, 0.2) is 36.4 Å². The first-order valence-corrected chi connectivity index (χ1v) is 7.79. The lowest BCUT2D eigenvalue weighted by Gasteiger charge is -2.10. The molecular weight excluding hydrogens is 288 g/mol. The minimum Gasteiger partial charge on any atom is -0.497 e. The van der Waals surface area contributed by atoms with E-state index in [4.69, 9.17) is 9.47 Å². The Morgan fingerprint density at radius 3 is 2.30 bits per heavy atom. The molecule has 0 aliphatic carbocycles. The highest BCUT2D eigenvalue weighted by Gasteiger charge is 2.09. The number of hydrogen-bond donors (Lipinski definition) is 0. The number of hydrogen-bond acceptors (Lipinski definition) is 3. The summed E-state index contributed by atoms with van der Waals surface area (Å²) in [6.45, 7) is 7.67. The molecule has 2 aromatic carbocycles. The van der Waals surface area contributed by atoms with E-state index in [1.165, 1.54) is 16.6 Å². The van der Waals surface area contributed by atoms with Gasteiger partial charge in [0.25, 0.3) is 0 Å². The van der Waals surface area contributed by atoms with Gasteiger partial charge in [0.2, 0.25) is 0 Å². The summed E-state index contributed by atoms with van der Waals surface area (Å²) >= 11 is 0. The Hall–Kier alpha value is -2.49. The number of rotatable bonds is 5. The van der Waals surface area contributed by atoms with Gasteiger partial charge in [0.1, 0.15) is 23.9 Å². The number of benzene rings is 2. The van der Waals surface area contributed by atoms with Gasteiger partial charge in [0.05, 0.1) is 24.7 Å². The molecule has 0 aliphatic rings.